The summed E-state index contributed by atoms with van der Waals surface area (Å²) in [5.74, 6) is -0.155. The van der Waals surface area contributed by atoms with Crippen LogP contribution < -0.4 is 11.1 Å². The van der Waals surface area contributed by atoms with Gasteiger partial charge in [0.25, 0.3) is 0 Å². The lowest BCUT2D eigenvalue weighted by Crippen LogP contribution is -2.16. The van der Waals surface area contributed by atoms with Gasteiger partial charge in [-0.15, -0.1) is 0 Å². The largest absolute Gasteiger partial charge is 0.388 e. The summed E-state index contributed by atoms with van der Waals surface area (Å²) in [5.41, 5.74) is 7.22. The molecule has 14 heavy (non-hydrogen) atoms. The van der Waals surface area contributed by atoms with E-state index in [1.165, 1.54) is 6.07 Å². The zero-order valence-electron chi connectivity index (χ0n) is 8.68. The zero-order chi connectivity index (χ0) is 10.6. The van der Waals surface area contributed by atoms with Crippen molar-refractivity contribution in [3.63, 3.8) is 0 Å². The van der Waals surface area contributed by atoms with Crippen molar-refractivity contribution in [1.82, 2.24) is 0 Å². The Balaban J connectivity index is 2.82. The molecular formula is C11H17FN2. The van der Waals surface area contributed by atoms with Gasteiger partial charge in [-0.3, -0.25) is 0 Å². The second-order valence-corrected chi connectivity index (χ2v) is 3.53. The Morgan fingerprint density at radius 3 is 2.79 bits per heavy atom. The molecule has 0 saturated heterocycles. The van der Waals surface area contributed by atoms with Crippen LogP contribution in [0.4, 0.5) is 10.1 Å². The molecule has 3 N–H and O–H groups in total. The summed E-state index contributed by atoms with van der Waals surface area (Å²) >= 11 is 0. The van der Waals surface area contributed by atoms with Crippen molar-refractivity contribution in [3.05, 3.63) is 29.6 Å². The lowest BCUT2D eigenvalue weighted by Gasteiger charge is -2.11. The molecule has 1 rings (SSSR count). The van der Waals surface area contributed by atoms with Crippen LogP contribution in [0.2, 0.25) is 0 Å². The predicted molar refractivity (Wildman–Crippen MR) is 57.9 cm³/mol. The fourth-order valence-corrected chi connectivity index (χ4v) is 1.42. The molecule has 0 bridgehead atoms. The summed E-state index contributed by atoms with van der Waals surface area (Å²) in [6, 6.07) is 5.17. The summed E-state index contributed by atoms with van der Waals surface area (Å²) in [5, 5.41) is 2.98. The van der Waals surface area contributed by atoms with E-state index < -0.39 is 0 Å². The molecule has 0 aromatic heterocycles. The molecule has 0 heterocycles. The van der Waals surface area contributed by atoms with Crippen LogP contribution in [0.1, 0.15) is 18.9 Å². The molecule has 78 valence electrons. The van der Waals surface area contributed by atoms with Gasteiger partial charge in [-0.05, 0) is 31.9 Å². The predicted octanol–water partition coefficient (Wildman–Crippen LogP) is 2.15. The van der Waals surface area contributed by atoms with Crippen molar-refractivity contribution in [2.45, 2.75) is 25.8 Å². The number of anilines is 1. The Kier molecular flexibility index (Phi) is 3.89. The lowest BCUT2D eigenvalue weighted by molar-refractivity contribution is 0.591. The van der Waals surface area contributed by atoms with Crippen molar-refractivity contribution >= 4 is 5.69 Å². The second kappa shape index (κ2) is 4.96. The van der Waals surface area contributed by atoms with E-state index in [0.29, 0.717) is 6.42 Å². The number of nitrogens with two attached hydrogens (primary N) is 1. The molecule has 1 aromatic rings. The maximum atomic E-state index is 13.4. The van der Waals surface area contributed by atoms with Crippen LogP contribution in [-0.4, -0.2) is 13.1 Å². The highest BCUT2D eigenvalue weighted by atomic mass is 19.1. The molecule has 0 fully saturated rings. The van der Waals surface area contributed by atoms with Crippen molar-refractivity contribution in [2.75, 3.05) is 12.4 Å². The fraction of sp³-hybridized carbons (Fsp3) is 0.455. The van der Waals surface area contributed by atoms with Crippen LogP contribution in [0.5, 0.6) is 0 Å². The standard InChI is InChI=1S/C11H17FN2/c1-8(13)6-7-9-10(12)4-3-5-11(9)14-2/h3-5,8,14H,6-7,13H2,1-2H3. The summed E-state index contributed by atoms with van der Waals surface area (Å²) < 4.78 is 13.4. The first-order chi connectivity index (χ1) is 6.65. The first-order valence-electron chi connectivity index (χ1n) is 4.86. The van der Waals surface area contributed by atoms with Gasteiger partial charge in [-0.1, -0.05) is 6.07 Å². The Bertz CT molecular complexity index is 297. The highest BCUT2D eigenvalue weighted by molar-refractivity contribution is 5.51. The van der Waals surface area contributed by atoms with E-state index in [0.717, 1.165) is 17.7 Å². The normalized spacial score (nSPS) is 12.6. The van der Waals surface area contributed by atoms with Gasteiger partial charge < -0.3 is 11.1 Å². The minimum absolute atomic E-state index is 0.110. The Morgan fingerprint density at radius 1 is 1.50 bits per heavy atom. The average Bonchev–Trinajstić information content (AvgIpc) is 2.15. The van der Waals surface area contributed by atoms with E-state index in [1.807, 2.05) is 13.0 Å². The maximum Gasteiger partial charge on any atom is 0.128 e. The third-order valence-electron chi connectivity index (χ3n) is 2.24. The van der Waals surface area contributed by atoms with E-state index in [2.05, 4.69) is 5.32 Å². The molecule has 2 nitrogen and oxygen atoms in total. The lowest BCUT2D eigenvalue weighted by atomic mass is 10.0. The average molecular weight is 196 g/mol. The number of halogens is 1. The van der Waals surface area contributed by atoms with Crippen molar-refractivity contribution in [1.29, 1.82) is 0 Å². The van der Waals surface area contributed by atoms with E-state index in [1.54, 1.807) is 13.1 Å². The molecule has 0 saturated carbocycles. The minimum atomic E-state index is -0.155. The molecule has 0 radical (unpaired) electrons. The number of hydrogen-bond acceptors (Lipinski definition) is 2. The quantitative estimate of drug-likeness (QED) is 0.774. The Morgan fingerprint density at radius 2 is 2.21 bits per heavy atom. The number of hydrogen-bond donors (Lipinski definition) is 2. The summed E-state index contributed by atoms with van der Waals surface area (Å²) in [6.45, 7) is 1.93. The summed E-state index contributed by atoms with van der Waals surface area (Å²) in [6.07, 6.45) is 1.48. The van der Waals surface area contributed by atoms with Crippen LogP contribution in [0.3, 0.4) is 0 Å². The van der Waals surface area contributed by atoms with E-state index in [4.69, 9.17) is 5.73 Å². The molecule has 0 aliphatic rings. The van der Waals surface area contributed by atoms with Gasteiger partial charge >= 0.3 is 0 Å². The number of nitrogens with one attached hydrogen (secondary N) is 1. The van der Waals surface area contributed by atoms with Crippen LogP contribution in [-0.2, 0) is 6.42 Å². The third kappa shape index (κ3) is 2.70. The van der Waals surface area contributed by atoms with E-state index in [9.17, 15) is 4.39 Å². The molecule has 0 aliphatic carbocycles. The molecular weight excluding hydrogens is 179 g/mol. The van der Waals surface area contributed by atoms with Crippen LogP contribution >= 0.6 is 0 Å². The first-order valence-corrected chi connectivity index (χ1v) is 4.86. The van der Waals surface area contributed by atoms with Gasteiger partial charge in [0.2, 0.25) is 0 Å². The van der Waals surface area contributed by atoms with Crippen molar-refractivity contribution < 1.29 is 4.39 Å². The fourth-order valence-electron chi connectivity index (χ4n) is 1.42. The monoisotopic (exact) mass is 196 g/mol. The van der Waals surface area contributed by atoms with Crippen LogP contribution in [0.25, 0.3) is 0 Å². The Labute approximate surface area is 84.3 Å². The highest BCUT2D eigenvalue weighted by Crippen LogP contribution is 2.20. The zero-order valence-corrected chi connectivity index (χ0v) is 8.68. The van der Waals surface area contributed by atoms with Crippen molar-refractivity contribution in [3.8, 4) is 0 Å². The van der Waals surface area contributed by atoms with Gasteiger partial charge in [-0.2, -0.15) is 0 Å². The minimum Gasteiger partial charge on any atom is -0.388 e. The Hall–Kier alpha value is -1.09. The molecule has 1 aromatic carbocycles. The first kappa shape index (κ1) is 11.0. The van der Waals surface area contributed by atoms with Crippen LogP contribution in [0, 0.1) is 5.82 Å². The number of rotatable bonds is 4. The van der Waals surface area contributed by atoms with Crippen molar-refractivity contribution in [2.24, 2.45) is 5.73 Å². The smallest absolute Gasteiger partial charge is 0.128 e. The highest BCUT2D eigenvalue weighted by Gasteiger charge is 2.07. The maximum absolute atomic E-state index is 13.4. The molecule has 0 aliphatic heterocycles. The second-order valence-electron chi connectivity index (χ2n) is 3.53. The SMILES string of the molecule is CNc1cccc(F)c1CCC(C)N. The summed E-state index contributed by atoms with van der Waals surface area (Å²) in [7, 11) is 1.80. The van der Waals surface area contributed by atoms with E-state index in [-0.39, 0.29) is 11.9 Å². The van der Waals surface area contributed by atoms with E-state index >= 15 is 0 Å². The van der Waals surface area contributed by atoms with Gasteiger partial charge in [0, 0.05) is 24.3 Å². The molecule has 0 amide bonds. The topological polar surface area (TPSA) is 38.0 Å². The molecule has 1 atom stereocenters. The van der Waals surface area contributed by atoms with Gasteiger partial charge in [0.1, 0.15) is 5.82 Å². The third-order valence-corrected chi connectivity index (χ3v) is 2.24. The van der Waals surface area contributed by atoms with Gasteiger partial charge in [0.15, 0.2) is 0 Å². The molecule has 0 spiro atoms. The molecule has 3 heteroatoms. The number of benzene rings is 1. The van der Waals surface area contributed by atoms with Crippen LogP contribution in [0.15, 0.2) is 18.2 Å². The summed E-state index contributed by atoms with van der Waals surface area (Å²) in [4.78, 5) is 0. The van der Waals surface area contributed by atoms with Gasteiger partial charge in [-0.25, -0.2) is 4.39 Å². The molecule has 1 unspecified atom stereocenters. The van der Waals surface area contributed by atoms with Gasteiger partial charge in [0.05, 0.1) is 0 Å².